The molecule has 0 fully saturated rings. The van der Waals surface area contributed by atoms with E-state index in [0.717, 1.165) is 29.4 Å². The Kier molecular flexibility index (Phi) is 5.13. The summed E-state index contributed by atoms with van der Waals surface area (Å²) < 4.78 is 5.33. The second-order valence-corrected chi connectivity index (χ2v) is 5.72. The zero-order valence-electron chi connectivity index (χ0n) is 11.3. The number of thiazole rings is 1. The number of aliphatic hydroxyl groups is 1. The Morgan fingerprint density at radius 3 is 2.95 bits per heavy atom. The summed E-state index contributed by atoms with van der Waals surface area (Å²) in [6.45, 7) is 5.25. The zero-order valence-corrected chi connectivity index (χ0v) is 12.1. The first kappa shape index (κ1) is 14.2. The maximum Gasteiger partial charge on any atom is 0.162 e. The molecule has 2 N–H and O–H groups in total. The van der Waals surface area contributed by atoms with Crippen LogP contribution >= 0.6 is 11.3 Å². The molecule has 2 heterocycles. The molecule has 19 heavy (non-hydrogen) atoms. The number of rotatable bonds is 7. The van der Waals surface area contributed by atoms with Crippen LogP contribution < -0.4 is 5.32 Å². The summed E-state index contributed by atoms with van der Waals surface area (Å²) in [5.41, 5.74) is 1.01. The fourth-order valence-electron chi connectivity index (χ4n) is 1.95. The number of hydrogen-bond donors (Lipinski definition) is 2. The third-order valence-electron chi connectivity index (χ3n) is 3.07. The Morgan fingerprint density at radius 1 is 1.47 bits per heavy atom. The number of aliphatic hydroxyl groups excluding tert-OH is 1. The monoisotopic (exact) mass is 280 g/mol. The molecular weight excluding hydrogens is 260 g/mol. The number of furan rings is 1. The molecule has 0 amide bonds. The number of nitrogens with zero attached hydrogens (tertiary/aromatic N) is 1. The second-order valence-electron chi connectivity index (χ2n) is 4.86. The van der Waals surface area contributed by atoms with Crippen LogP contribution in [-0.2, 0) is 6.54 Å². The smallest absolute Gasteiger partial charge is 0.162 e. The lowest BCUT2D eigenvalue weighted by Gasteiger charge is -2.20. The van der Waals surface area contributed by atoms with Gasteiger partial charge in [0.25, 0.3) is 0 Å². The summed E-state index contributed by atoms with van der Waals surface area (Å²) >= 11 is 1.59. The summed E-state index contributed by atoms with van der Waals surface area (Å²) in [5.74, 6) is 1.31. The normalized spacial score (nSPS) is 13.1. The summed E-state index contributed by atoms with van der Waals surface area (Å²) in [4.78, 5) is 4.54. The molecule has 1 unspecified atom stereocenters. The van der Waals surface area contributed by atoms with Crippen LogP contribution in [0, 0.1) is 5.92 Å². The molecule has 5 heteroatoms. The highest BCUT2D eigenvalue weighted by atomic mass is 32.1. The van der Waals surface area contributed by atoms with Crippen LogP contribution in [0.2, 0.25) is 0 Å². The van der Waals surface area contributed by atoms with Crippen molar-refractivity contribution in [1.82, 2.24) is 10.3 Å². The zero-order chi connectivity index (χ0) is 13.7. The van der Waals surface area contributed by atoms with Crippen molar-refractivity contribution in [3.63, 3.8) is 0 Å². The Bertz CT molecular complexity index is 479. The molecule has 4 nitrogen and oxygen atoms in total. The standard InChI is InChI=1S/C14H20N2O2S/c1-10(2)12(5-6-17)15-8-11-9-19-14(16-11)13-4-3-7-18-13/h3-4,7,9-10,12,15,17H,5-6,8H2,1-2H3. The molecule has 0 aliphatic rings. The largest absolute Gasteiger partial charge is 0.462 e. The van der Waals surface area contributed by atoms with Crippen molar-refractivity contribution < 1.29 is 9.52 Å². The van der Waals surface area contributed by atoms with Crippen LogP contribution in [0.1, 0.15) is 26.0 Å². The molecule has 104 valence electrons. The van der Waals surface area contributed by atoms with E-state index < -0.39 is 0 Å². The quantitative estimate of drug-likeness (QED) is 0.818. The predicted octanol–water partition coefficient (Wildman–Crippen LogP) is 2.90. The highest BCUT2D eigenvalue weighted by molar-refractivity contribution is 7.13. The van der Waals surface area contributed by atoms with E-state index >= 15 is 0 Å². The van der Waals surface area contributed by atoms with Crippen molar-refractivity contribution >= 4 is 11.3 Å². The predicted molar refractivity (Wildman–Crippen MR) is 77.0 cm³/mol. The summed E-state index contributed by atoms with van der Waals surface area (Å²) in [6.07, 6.45) is 2.43. The van der Waals surface area contributed by atoms with Gasteiger partial charge in [0.1, 0.15) is 0 Å². The molecule has 1 atom stereocenters. The van der Waals surface area contributed by atoms with Crippen molar-refractivity contribution in [1.29, 1.82) is 0 Å². The van der Waals surface area contributed by atoms with Crippen molar-refractivity contribution in [2.45, 2.75) is 32.9 Å². The van der Waals surface area contributed by atoms with E-state index in [2.05, 4.69) is 24.1 Å². The second kappa shape index (κ2) is 6.84. The molecule has 2 rings (SSSR count). The van der Waals surface area contributed by atoms with Gasteiger partial charge in [-0.1, -0.05) is 13.8 Å². The fraction of sp³-hybridized carbons (Fsp3) is 0.500. The minimum absolute atomic E-state index is 0.213. The van der Waals surface area contributed by atoms with Gasteiger partial charge in [-0.3, -0.25) is 0 Å². The summed E-state index contributed by atoms with van der Waals surface area (Å²) in [6, 6.07) is 4.10. The number of hydrogen-bond acceptors (Lipinski definition) is 5. The molecule has 0 saturated heterocycles. The van der Waals surface area contributed by atoms with Crippen molar-refractivity contribution in [2.24, 2.45) is 5.92 Å². The third kappa shape index (κ3) is 3.89. The van der Waals surface area contributed by atoms with Gasteiger partial charge in [-0.05, 0) is 24.5 Å². The Balaban J connectivity index is 1.93. The molecule has 2 aromatic rings. The first-order chi connectivity index (χ1) is 9.20. The highest BCUT2D eigenvalue weighted by Gasteiger charge is 2.13. The van der Waals surface area contributed by atoms with E-state index in [1.54, 1.807) is 17.6 Å². The van der Waals surface area contributed by atoms with Crippen LogP contribution in [0.5, 0.6) is 0 Å². The van der Waals surface area contributed by atoms with Gasteiger partial charge in [-0.15, -0.1) is 11.3 Å². The van der Waals surface area contributed by atoms with E-state index in [0.29, 0.717) is 12.0 Å². The first-order valence-corrected chi connectivity index (χ1v) is 7.41. The van der Waals surface area contributed by atoms with Crippen LogP contribution in [0.25, 0.3) is 10.8 Å². The van der Waals surface area contributed by atoms with E-state index in [-0.39, 0.29) is 6.61 Å². The first-order valence-electron chi connectivity index (χ1n) is 6.53. The van der Waals surface area contributed by atoms with Crippen LogP contribution in [0.3, 0.4) is 0 Å². The SMILES string of the molecule is CC(C)C(CCO)NCc1csc(-c2ccco2)n1. The Labute approximate surface area is 117 Å². The van der Waals surface area contributed by atoms with Crippen LogP contribution in [0.15, 0.2) is 28.2 Å². The molecule has 0 bridgehead atoms. The summed E-state index contributed by atoms with van der Waals surface area (Å²) in [7, 11) is 0. The average Bonchev–Trinajstić information content (AvgIpc) is 3.04. The Morgan fingerprint density at radius 2 is 2.32 bits per heavy atom. The topological polar surface area (TPSA) is 58.3 Å². The van der Waals surface area contributed by atoms with Gasteiger partial charge in [0.05, 0.1) is 12.0 Å². The Hall–Kier alpha value is -1.17. The van der Waals surface area contributed by atoms with Gasteiger partial charge < -0.3 is 14.8 Å². The van der Waals surface area contributed by atoms with E-state index in [1.165, 1.54) is 0 Å². The molecule has 0 saturated carbocycles. The molecule has 0 aliphatic heterocycles. The lowest BCUT2D eigenvalue weighted by atomic mass is 10.0. The molecule has 0 radical (unpaired) electrons. The maximum absolute atomic E-state index is 9.05. The molecular formula is C14H20N2O2S. The van der Waals surface area contributed by atoms with Gasteiger partial charge in [0.15, 0.2) is 10.8 Å². The maximum atomic E-state index is 9.05. The molecule has 2 aromatic heterocycles. The lowest BCUT2D eigenvalue weighted by molar-refractivity contribution is 0.243. The average molecular weight is 280 g/mol. The van der Waals surface area contributed by atoms with Crippen molar-refractivity contribution in [3.8, 4) is 10.8 Å². The van der Waals surface area contributed by atoms with E-state index in [9.17, 15) is 0 Å². The lowest BCUT2D eigenvalue weighted by Crippen LogP contribution is -2.34. The fourth-order valence-corrected chi connectivity index (χ4v) is 2.73. The molecule has 0 aliphatic carbocycles. The van der Waals surface area contributed by atoms with Crippen LogP contribution in [0.4, 0.5) is 0 Å². The number of nitrogens with one attached hydrogen (secondary N) is 1. The van der Waals surface area contributed by atoms with Gasteiger partial charge in [0, 0.05) is 24.6 Å². The highest BCUT2D eigenvalue weighted by Crippen LogP contribution is 2.24. The molecule has 0 aromatic carbocycles. The minimum atomic E-state index is 0.213. The van der Waals surface area contributed by atoms with Crippen LogP contribution in [-0.4, -0.2) is 22.7 Å². The summed E-state index contributed by atoms with van der Waals surface area (Å²) in [5, 5.41) is 15.4. The van der Waals surface area contributed by atoms with Gasteiger partial charge in [-0.2, -0.15) is 0 Å². The van der Waals surface area contributed by atoms with E-state index in [1.807, 2.05) is 17.5 Å². The van der Waals surface area contributed by atoms with Crippen molar-refractivity contribution in [3.05, 3.63) is 29.5 Å². The molecule has 0 spiro atoms. The van der Waals surface area contributed by atoms with E-state index in [4.69, 9.17) is 9.52 Å². The third-order valence-corrected chi connectivity index (χ3v) is 3.98. The van der Waals surface area contributed by atoms with Gasteiger partial charge in [0.2, 0.25) is 0 Å². The van der Waals surface area contributed by atoms with Gasteiger partial charge in [-0.25, -0.2) is 4.98 Å². The van der Waals surface area contributed by atoms with Crippen molar-refractivity contribution in [2.75, 3.05) is 6.61 Å². The number of aromatic nitrogens is 1. The van der Waals surface area contributed by atoms with Gasteiger partial charge >= 0.3 is 0 Å². The minimum Gasteiger partial charge on any atom is -0.462 e.